The Kier molecular flexibility index (Phi) is 6.84. The molecule has 2 N–H and O–H groups in total. The number of ketones is 1. The molecule has 0 saturated heterocycles. The molecular weight excluding hydrogens is 528 g/mol. The summed E-state index contributed by atoms with van der Waals surface area (Å²) in [6.07, 6.45) is -3.09. The maximum atomic E-state index is 13.7. The minimum Gasteiger partial charge on any atom is -0.484 e. The Morgan fingerprint density at radius 3 is 2.58 bits per heavy atom. The third kappa shape index (κ3) is 5.61. The van der Waals surface area contributed by atoms with E-state index in [1.54, 1.807) is 37.3 Å². The fourth-order valence-corrected chi connectivity index (χ4v) is 6.20. The number of carbonyl (C=O) groups excluding carboxylic acids is 2. The number of alkyl halides is 3. The summed E-state index contributed by atoms with van der Waals surface area (Å²) in [6.45, 7) is 0.189. The van der Waals surface area contributed by atoms with E-state index in [0.29, 0.717) is 41.2 Å². The van der Waals surface area contributed by atoms with Crippen LogP contribution in [0.15, 0.2) is 36.4 Å². The van der Waals surface area contributed by atoms with Crippen LogP contribution in [0.25, 0.3) is 0 Å². The van der Waals surface area contributed by atoms with E-state index in [1.807, 2.05) is 0 Å². The molecule has 0 unspecified atom stereocenters. The van der Waals surface area contributed by atoms with Crippen molar-refractivity contribution in [2.24, 2.45) is 5.41 Å². The number of fused-ring (bicyclic) bond motifs is 1. The van der Waals surface area contributed by atoms with Gasteiger partial charge in [-0.25, -0.2) is 4.39 Å². The SMILES string of the molecule is Cc1ccc(OCC(=O)NC23CC(CC(=O)[C@H]4C[C@H](NCC(F)(F)F)c5cc(Cl)ccc5O4)(C2)C3)cc1F. The number of ether oxygens (including phenoxy) is 2. The Balaban J connectivity index is 1.13. The van der Waals surface area contributed by atoms with Gasteiger partial charge in [-0.1, -0.05) is 17.7 Å². The average molecular weight is 555 g/mol. The van der Waals surface area contributed by atoms with Crippen LogP contribution >= 0.6 is 11.6 Å². The quantitative estimate of drug-likeness (QED) is 0.416. The average Bonchev–Trinajstić information content (AvgIpc) is 2.80. The van der Waals surface area contributed by atoms with E-state index in [2.05, 4.69) is 10.6 Å². The topological polar surface area (TPSA) is 76.7 Å². The fraction of sp³-hybridized carbons (Fsp3) is 0.481. The molecule has 2 aromatic rings. The van der Waals surface area contributed by atoms with E-state index in [0.717, 1.165) is 0 Å². The van der Waals surface area contributed by atoms with Gasteiger partial charge in [-0.05, 0) is 61.4 Å². The molecule has 3 fully saturated rings. The number of nitrogens with one attached hydrogen (secondary N) is 2. The Labute approximate surface area is 222 Å². The summed E-state index contributed by atoms with van der Waals surface area (Å²) >= 11 is 6.04. The molecule has 1 amide bonds. The second-order valence-electron chi connectivity index (χ2n) is 10.8. The van der Waals surface area contributed by atoms with Crippen molar-refractivity contribution in [1.29, 1.82) is 0 Å². The number of hydrogen-bond donors (Lipinski definition) is 2. The van der Waals surface area contributed by atoms with Crippen molar-refractivity contribution in [2.75, 3.05) is 13.2 Å². The van der Waals surface area contributed by atoms with Gasteiger partial charge in [0.2, 0.25) is 0 Å². The fourth-order valence-electron chi connectivity index (χ4n) is 6.02. The molecule has 2 aromatic carbocycles. The van der Waals surface area contributed by atoms with Crippen LogP contribution in [0.1, 0.15) is 49.3 Å². The third-order valence-corrected chi connectivity index (χ3v) is 7.82. The number of amides is 1. The molecule has 11 heteroatoms. The molecule has 6 rings (SSSR count). The van der Waals surface area contributed by atoms with E-state index in [1.165, 1.54) is 6.07 Å². The predicted molar refractivity (Wildman–Crippen MR) is 131 cm³/mol. The van der Waals surface area contributed by atoms with Gasteiger partial charge in [0.05, 0.1) is 6.54 Å². The summed E-state index contributed by atoms with van der Waals surface area (Å²) in [4.78, 5) is 25.5. The van der Waals surface area contributed by atoms with Crippen LogP contribution in [-0.2, 0) is 9.59 Å². The first kappa shape index (κ1) is 26.7. The maximum absolute atomic E-state index is 13.7. The highest BCUT2D eigenvalue weighted by atomic mass is 35.5. The minimum absolute atomic E-state index is 0.0666. The van der Waals surface area contributed by atoms with Crippen LogP contribution in [0.3, 0.4) is 0 Å². The second kappa shape index (κ2) is 9.72. The van der Waals surface area contributed by atoms with Crippen molar-refractivity contribution >= 4 is 23.3 Å². The zero-order valence-electron chi connectivity index (χ0n) is 20.6. The summed E-state index contributed by atoms with van der Waals surface area (Å²) in [5, 5.41) is 5.82. The maximum Gasteiger partial charge on any atom is 0.401 e. The summed E-state index contributed by atoms with van der Waals surface area (Å²) in [6, 6.07) is 8.36. The first-order valence-corrected chi connectivity index (χ1v) is 12.7. The molecule has 0 spiro atoms. The summed E-state index contributed by atoms with van der Waals surface area (Å²) < 4.78 is 63.5. The Hall–Kier alpha value is -2.85. The van der Waals surface area contributed by atoms with Crippen molar-refractivity contribution < 1.29 is 36.6 Å². The zero-order valence-corrected chi connectivity index (χ0v) is 21.3. The molecule has 1 heterocycles. The van der Waals surface area contributed by atoms with Crippen LogP contribution in [0, 0.1) is 18.2 Å². The lowest BCUT2D eigenvalue weighted by Crippen LogP contribution is -2.75. The van der Waals surface area contributed by atoms with E-state index < -0.39 is 30.7 Å². The van der Waals surface area contributed by atoms with Crippen molar-refractivity contribution in [3.05, 3.63) is 58.4 Å². The standard InChI is InChI=1S/C27H27ClF4N2O4/c1-15-2-4-17(7-19(15)29)37-10-24(36)34-26-11-25(12-26,13-26)9-21(35)23-8-20(33-14-27(30,31)32)18-6-16(28)3-5-22(18)38-23/h2-7,20,23,33H,8-14H2,1H3,(H,34,36)/t20-,23+,25?,26?/m0/s1. The lowest BCUT2D eigenvalue weighted by molar-refractivity contribution is -0.175. The third-order valence-electron chi connectivity index (χ3n) is 7.58. The van der Waals surface area contributed by atoms with Gasteiger partial charge in [-0.2, -0.15) is 13.2 Å². The van der Waals surface area contributed by atoms with E-state index in [-0.39, 0.29) is 47.8 Å². The van der Waals surface area contributed by atoms with Crippen LogP contribution in [0.2, 0.25) is 5.02 Å². The highest BCUT2D eigenvalue weighted by molar-refractivity contribution is 6.30. The van der Waals surface area contributed by atoms with Crippen LogP contribution in [0.4, 0.5) is 17.6 Å². The number of Topliss-reactive ketones (excluding diaryl/α,β-unsaturated/α-hetero) is 1. The van der Waals surface area contributed by atoms with Gasteiger partial charge in [0.25, 0.3) is 5.91 Å². The van der Waals surface area contributed by atoms with Crippen LogP contribution in [0.5, 0.6) is 11.5 Å². The van der Waals surface area contributed by atoms with Gasteiger partial charge in [0.1, 0.15) is 17.3 Å². The monoisotopic (exact) mass is 554 g/mol. The molecule has 6 nitrogen and oxygen atoms in total. The highest BCUT2D eigenvalue weighted by Gasteiger charge is 2.68. The molecule has 3 aliphatic carbocycles. The van der Waals surface area contributed by atoms with E-state index in [4.69, 9.17) is 21.1 Å². The molecule has 0 radical (unpaired) electrons. The largest absolute Gasteiger partial charge is 0.484 e. The Morgan fingerprint density at radius 1 is 1.16 bits per heavy atom. The van der Waals surface area contributed by atoms with E-state index in [9.17, 15) is 27.2 Å². The second-order valence-corrected chi connectivity index (χ2v) is 11.2. The Morgan fingerprint density at radius 2 is 1.89 bits per heavy atom. The summed E-state index contributed by atoms with van der Waals surface area (Å²) in [5.41, 5.74) is 0.348. The minimum atomic E-state index is -4.40. The van der Waals surface area contributed by atoms with Gasteiger partial charge < -0.3 is 20.1 Å². The lowest BCUT2D eigenvalue weighted by Gasteiger charge is -2.70. The first-order chi connectivity index (χ1) is 17.8. The van der Waals surface area contributed by atoms with Crippen LogP contribution < -0.4 is 20.1 Å². The van der Waals surface area contributed by atoms with Gasteiger partial charge in [-0.15, -0.1) is 0 Å². The van der Waals surface area contributed by atoms with E-state index >= 15 is 0 Å². The number of carbonyl (C=O) groups is 2. The molecule has 3 saturated carbocycles. The molecule has 4 aliphatic rings. The molecule has 204 valence electrons. The van der Waals surface area contributed by atoms with Crippen molar-refractivity contribution in [1.82, 2.24) is 10.6 Å². The lowest BCUT2D eigenvalue weighted by atomic mass is 9.38. The van der Waals surface area contributed by atoms with Gasteiger partial charge in [-0.3, -0.25) is 9.59 Å². The Bertz CT molecular complexity index is 1250. The normalized spacial score (nSPS) is 27.3. The number of halogens is 5. The number of hydrogen-bond acceptors (Lipinski definition) is 5. The molecule has 2 atom stereocenters. The smallest absolute Gasteiger partial charge is 0.401 e. The van der Waals surface area contributed by atoms with Gasteiger partial charge in [0.15, 0.2) is 18.5 Å². The van der Waals surface area contributed by atoms with Crippen molar-refractivity contribution in [3.8, 4) is 11.5 Å². The summed E-state index contributed by atoms with van der Waals surface area (Å²) in [5.74, 6) is -0.301. The number of rotatable bonds is 9. The number of aryl methyl sites for hydroxylation is 1. The van der Waals surface area contributed by atoms with Crippen molar-refractivity contribution in [2.45, 2.75) is 62.9 Å². The first-order valence-electron chi connectivity index (χ1n) is 12.3. The van der Waals surface area contributed by atoms with Crippen molar-refractivity contribution in [3.63, 3.8) is 0 Å². The highest BCUT2D eigenvalue weighted by Crippen LogP contribution is 2.69. The molecule has 38 heavy (non-hydrogen) atoms. The molecular formula is C27H27ClF4N2O4. The molecule has 1 aliphatic heterocycles. The molecule has 0 aromatic heterocycles. The zero-order chi connectivity index (χ0) is 27.3. The predicted octanol–water partition coefficient (Wildman–Crippen LogP) is 5.21. The summed E-state index contributed by atoms with van der Waals surface area (Å²) in [7, 11) is 0. The molecule has 2 bridgehead atoms. The van der Waals surface area contributed by atoms with Gasteiger partial charge >= 0.3 is 6.18 Å². The van der Waals surface area contributed by atoms with Gasteiger partial charge in [0, 0.05) is 41.1 Å². The number of benzene rings is 2. The van der Waals surface area contributed by atoms with Crippen LogP contribution in [-0.4, -0.2) is 42.7 Å².